The topological polar surface area (TPSA) is 238 Å². The highest BCUT2D eigenvalue weighted by Gasteiger charge is 2.58. The Morgan fingerprint density at radius 1 is 0.500 bits per heavy atom. The summed E-state index contributed by atoms with van der Waals surface area (Å²) in [6.07, 6.45) is -14.3. The first-order valence-electron chi connectivity index (χ1n) is 16.5. The first-order valence-corrected chi connectivity index (χ1v) is 16.5. The van der Waals surface area contributed by atoms with E-state index in [2.05, 4.69) is 0 Å². The molecule has 2 fully saturated rings. The molecule has 0 bridgehead atoms. The van der Waals surface area contributed by atoms with Gasteiger partial charge in [-0.3, -0.25) is 33.6 Å². The van der Waals surface area contributed by atoms with Gasteiger partial charge in [0.2, 0.25) is 12.4 Å². The minimum Gasteiger partial charge on any atom is -0.463 e. The Kier molecular flexibility index (Phi) is 16.1. The van der Waals surface area contributed by atoms with Crippen LogP contribution in [0.2, 0.25) is 0 Å². The lowest BCUT2D eigenvalue weighted by molar-refractivity contribution is -0.357. The third-order valence-corrected chi connectivity index (χ3v) is 7.33. The van der Waals surface area contributed by atoms with Gasteiger partial charge in [0.15, 0.2) is 30.7 Å². The predicted molar refractivity (Wildman–Crippen MR) is 175 cm³/mol. The van der Waals surface area contributed by atoms with Crippen LogP contribution in [-0.2, 0) is 90.5 Å². The van der Waals surface area contributed by atoms with Crippen molar-refractivity contribution in [1.29, 1.82) is 0 Å². The molecule has 2 aliphatic heterocycles. The van der Waals surface area contributed by atoms with Crippen molar-refractivity contribution in [1.82, 2.24) is 0 Å². The van der Waals surface area contributed by atoms with Gasteiger partial charge in [0.25, 0.3) is 0 Å². The zero-order valence-corrected chi connectivity index (χ0v) is 30.5. The van der Waals surface area contributed by atoms with E-state index < -0.39 is 122 Å². The number of benzene rings is 1. The fourth-order valence-corrected chi connectivity index (χ4v) is 5.45. The smallest absolute Gasteiger partial charge is 0.333 e. The molecule has 2 saturated heterocycles. The predicted octanol–water partition coefficient (Wildman–Crippen LogP) is 0.863. The van der Waals surface area contributed by atoms with Crippen molar-refractivity contribution in [2.75, 3.05) is 13.2 Å². The summed E-state index contributed by atoms with van der Waals surface area (Å²) >= 11 is 0. The van der Waals surface area contributed by atoms with Crippen molar-refractivity contribution in [2.24, 2.45) is 0 Å². The van der Waals surface area contributed by atoms with Crippen LogP contribution in [0, 0.1) is 0 Å². The van der Waals surface area contributed by atoms with Gasteiger partial charge in [0.05, 0.1) is 0 Å². The van der Waals surface area contributed by atoms with Gasteiger partial charge in [0, 0.05) is 54.5 Å². The van der Waals surface area contributed by atoms with Crippen LogP contribution in [0.5, 0.6) is 0 Å². The SMILES string of the molecule is CC(=O)OC[C@H]1O[C@@H](O[C@H]2[C@H](OC(C)=O)[C@@H](OC(C)=O)[C@H](OC(=O)/C=C/c3ccccc3)O[C@@H]2COC(C)=O)[C@H](OC(C)=O)[C@@H](OC(C)=O)[C@H]1OC(C)=O. The van der Waals surface area contributed by atoms with E-state index in [1.165, 1.54) is 6.08 Å². The van der Waals surface area contributed by atoms with E-state index in [0.29, 0.717) is 5.56 Å². The molecule has 296 valence electrons. The Hall–Kier alpha value is -5.40. The molecule has 2 aliphatic rings. The minimum atomic E-state index is -1.86. The highest BCUT2D eigenvalue weighted by atomic mass is 16.8. The van der Waals surface area contributed by atoms with Crippen LogP contribution in [0.1, 0.15) is 54.0 Å². The lowest BCUT2D eigenvalue weighted by Gasteiger charge is -2.48. The van der Waals surface area contributed by atoms with Gasteiger partial charge in [-0.1, -0.05) is 30.3 Å². The van der Waals surface area contributed by atoms with Gasteiger partial charge in [-0.25, -0.2) is 4.79 Å². The quantitative estimate of drug-likeness (QED) is 0.145. The molecule has 1 aromatic rings. The van der Waals surface area contributed by atoms with Crippen molar-refractivity contribution in [3.8, 4) is 0 Å². The Morgan fingerprint density at radius 3 is 1.39 bits per heavy atom. The molecule has 0 amide bonds. The van der Waals surface area contributed by atoms with Crippen molar-refractivity contribution >= 4 is 53.8 Å². The molecule has 1 aromatic carbocycles. The zero-order valence-electron chi connectivity index (χ0n) is 30.5. The Morgan fingerprint density at radius 2 is 0.907 bits per heavy atom. The molecule has 0 spiro atoms. The molecule has 54 heavy (non-hydrogen) atoms. The lowest BCUT2D eigenvalue weighted by atomic mass is 9.96. The Balaban J connectivity index is 2.13. The molecule has 19 heteroatoms. The molecular formula is C35H42O19. The number of carbonyl (C=O) groups is 8. The van der Waals surface area contributed by atoms with Crippen molar-refractivity contribution in [3.63, 3.8) is 0 Å². The average Bonchev–Trinajstić information content (AvgIpc) is 3.06. The summed E-state index contributed by atoms with van der Waals surface area (Å²) in [4.78, 5) is 98.6. The summed E-state index contributed by atoms with van der Waals surface area (Å²) in [7, 11) is 0. The molecule has 0 N–H and O–H groups in total. The standard InChI is InChI=1S/C35H42O19/c1-17(36)44-15-25-28(46-19(3)38)30(47-20(4)39)33(50-23(7)42)35(52-25)54-29-26(16-45-18(2)37)51-34(32(49-22(6)41)31(29)48-21(5)40)53-27(43)14-13-24-11-9-8-10-12-24/h8-14,25-26,28-35H,15-16H2,1-7H3/b14-13+/t25-,26-,28+,29-,30+,31+,32-,33-,34+,35+/m1/s1. The summed E-state index contributed by atoms with van der Waals surface area (Å²) in [5, 5.41) is 0. The third-order valence-electron chi connectivity index (χ3n) is 7.33. The monoisotopic (exact) mass is 766 g/mol. The number of esters is 8. The molecule has 0 unspecified atom stereocenters. The zero-order chi connectivity index (χ0) is 40.1. The van der Waals surface area contributed by atoms with Gasteiger partial charge in [-0.15, -0.1) is 0 Å². The van der Waals surface area contributed by atoms with E-state index in [1.54, 1.807) is 30.3 Å². The van der Waals surface area contributed by atoms with Gasteiger partial charge in [-0.2, -0.15) is 0 Å². The molecule has 0 radical (unpaired) electrons. The largest absolute Gasteiger partial charge is 0.463 e. The third kappa shape index (κ3) is 13.2. The van der Waals surface area contributed by atoms with E-state index in [1.807, 2.05) is 0 Å². The van der Waals surface area contributed by atoms with Crippen LogP contribution in [-0.4, -0.2) is 122 Å². The average molecular weight is 767 g/mol. The fraction of sp³-hybridized carbons (Fsp3) is 0.543. The summed E-state index contributed by atoms with van der Waals surface area (Å²) in [5.74, 6) is -7.19. The van der Waals surface area contributed by atoms with Crippen molar-refractivity contribution < 1.29 is 90.5 Å². The Bertz CT molecular complexity index is 1560. The first kappa shape index (κ1) is 43.0. The molecule has 0 aromatic heterocycles. The van der Waals surface area contributed by atoms with Crippen LogP contribution in [0.15, 0.2) is 36.4 Å². The lowest BCUT2D eigenvalue weighted by Crippen LogP contribution is -2.67. The van der Waals surface area contributed by atoms with Gasteiger partial charge in [0.1, 0.15) is 31.5 Å². The van der Waals surface area contributed by atoms with Crippen LogP contribution >= 0.6 is 0 Å². The fourth-order valence-electron chi connectivity index (χ4n) is 5.45. The molecule has 10 atom stereocenters. The number of hydrogen-bond donors (Lipinski definition) is 0. The van der Waals surface area contributed by atoms with Crippen LogP contribution < -0.4 is 0 Å². The number of hydrogen-bond acceptors (Lipinski definition) is 19. The van der Waals surface area contributed by atoms with Gasteiger partial charge >= 0.3 is 47.8 Å². The summed E-state index contributed by atoms with van der Waals surface area (Å²) in [6.45, 7) is 5.99. The summed E-state index contributed by atoms with van der Waals surface area (Å²) in [6, 6.07) is 8.67. The van der Waals surface area contributed by atoms with E-state index in [9.17, 15) is 38.4 Å². The van der Waals surface area contributed by atoms with E-state index in [-0.39, 0.29) is 0 Å². The second-order valence-electron chi connectivity index (χ2n) is 11.8. The second-order valence-corrected chi connectivity index (χ2v) is 11.8. The highest BCUT2D eigenvalue weighted by molar-refractivity contribution is 5.87. The van der Waals surface area contributed by atoms with E-state index in [4.69, 9.17) is 52.1 Å². The normalized spacial score (nSPS) is 27.8. The van der Waals surface area contributed by atoms with Crippen molar-refractivity contribution in [3.05, 3.63) is 42.0 Å². The van der Waals surface area contributed by atoms with Crippen LogP contribution in [0.25, 0.3) is 6.08 Å². The second kappa shape index (κ2) is 20.2. The summed E-state index contributed by atoms with van der Waals surface area (Å²) in [5.41, 5.74) is 0.638. The highest BCUT2D eigenvalue weighted by Crippen LogP contribution is 2.35. The van der Waals surface area contributed by atoms with Crippen LogP contribution in [0.4, 0.5) is 0 Å². The van der Waals surface area contributed by atoms with E-state index in [0.717, 1.165) is 54.5 Å². The molecule has 3 rings (SSSR count). The molecule has 0 aliphatic carbocycles. The number of ether oxygens (including phenoxy) is 11. The summed E-state index contributed by atoms with van der Waals surface area (Å²) < 4.78 is 61.4. The van der Waals surface area contributed by atoms with Gasteiger partial charge < -0.3 is 52.1 Å². The maximum Gasteiger partial charge on any atom is 0.333 e. The van der Waals surface area contributed by atoms with Gasteiger partial charge in [-0.05, 0) is 11.6 Å². The maximum atomic E-state index is 13.0. The molecule has 19 nitrogen and oxygen atoms in total. The van der Waals surface area contributed by atoms with Crippen LogP contribution in [0.3, 0.4) is 0 Å². The minimum absolute atomic E-state index is 0.603. The number of carbonyl (C=O) groups excluding carboxylic acids is 8. The Labute approximate surface area is 309 Å². The van der Waals surface area contributed by atoms with E-state index >= 15 is 0 Å². The molecule has 2 heterocycles. The van der Waals surface area contributed by atoms with Crippen molar-refractivity contribution in [2.45, 2.75) is 110 Å². The first-order chi connectivity index (χ1) is 25.4. The molecule has 0 saturated carbocycles. The number of rotatable bonds is 14. The maximum absolute atomic E-state index is 13.0. The molecular weight excluding hydrogens is 724 g/mol.